The van der Waals surface area contributed by atoms with Gasteiger partial charge in [-0.3, -0.25) is 0 Å². The zero-order chi connectivity index (χ0) is 21.0. The van der Waals surface area contributed by atoms with Gasteiger partial charge in [-0.2, -0.15) is 0 Å². The highest BCUT2D eigenvalue weighted by molar-refractivity contribution is 5.16. The average molecular weight is 411 g/mol. The standard InChI is InChI=1S/C28H42O2/c1-26-17-18-28(29,16-13-20-7-5-4-6-8-20)19-21(26)9-10-22-23-11-12-25(30-3)27(23,2)15-14-24(22)26/h4-8,21-25,29H,9-19H2,1-3H3/t21?,22-,23-,24+,25?,26-,27-,28?/m0/s1. The van der Waals surface area contributed by atoms with Crippen molar-refractivity contribution in [1.82, 2.24) is 0 Å². The van der Waals surface area contributed by atoms with E-state index in [-0.39, 0.29) is 0 Å². The van der Waals surface area contributed by atoms with E-state index in [2.05, 4.69) is 44.2 Å². The van der Waals surface area contributed by atoms with Crippen LogP contribution in [0, 0.1) is 34.5 Å². The third-order valence-corrected chi connectivity index (χ3v) is 10.7. The Morgan fingerprint density at radius 1 is 0.900 bits per heavy atom. The number of methoxy groups -OCH3 is 1. The van der Waals surface area contributed by atoms with E-state index in [0.717, 1.165) is 43.4 Å². The minimum atomic E-state index is -0.454. The van der Waals surface area contributed by atoms with Gasteiger partial charge in [-0.05, 0) is 111 Å². The average Bonchev–Trinajstić information content (AvgIpc) is 3.10. The van der Waals surface area contributed by atoms with Crippen LogP contribution in [0.1, 0.15) is 83.6 Å². The minimum absolute atomic E-state index is 0.407. The molecule has 1 aromatic rings. The molecule has 2 nitrogen and oxygen atoms in total. The van der Waals surface area contributed by atoms with Crippen molar-refractivity contribution in [3.63, 3.8) is 0 Å². The highest BCUT2D eigenvalue weighted by Gasteiger charge is 2.61. The summed E-state index contributed by atoms with van der Waals surface area (Å²) in [6.45, 7) is 5.14. The Bertz CT molecular complexity index is 746. The predicted molar refractivity (Wildman–Crippen MR) is 122 cm³/mol. The number of hydrogen-bond donors (Lipinski definition) is 1. The van der Waals surface area contributed by atoms with Gasteiger partial charge in [0.2, 0.25) is 0 Å². The predicted octanol–water partition coefficient (Wildman–Crippen LogP) is 6.41. The molecule has 0 bridgehead atoms. The monoisotopic (exact) mass is 410 g/mol. The molecule has 4 aliphatic carbocycles. The maximum atomic E-state index is 11.5. The van der Waals surface area contributed by atoms with E-state index in [1.807, 2.05) is 7.11 Å². The van der Waals surface area contributed by atoms with Gasteiger partial charge in [-0.15, -0.1) is 0 Å². The third kappa shape index (κ3) is 3.28. The van der Waals surface area contributed by atoms with Crippen LogP contribution in [0.2, 0.25) is 0 Å². The smallest absolute Gasteiger partial charge is 0.0654 e. The second kappa shape index (κ2) is 7.62. The van der Waals surface area contributed by atoms with Gasteiger partial charge in [0, 0.05) is 7.11 Å². The lowest BCUT2D eigenvalue weighted by Crippen LogP contribution is -2.56. The van der Waals surface area contributed by atoms with E-state index in [4.69, 9.17) is 4.74 Å². The Hall–Kier alpha value is -0.860. The van der Waals surface area contributed by atoms with Crippen LogP contribution >= 0.6 is 0 Å². The van der Waals surface area contributed by atoms with E-state index >= 15 is 0 Å². The Kier molecular flexibility index (Phi) is 5.34. The summed E-state index contributed by atoms with van der Waals surface area (Å²) >= 11 is 0. The third-order valence-electron chi connectivity index (χ3n) is 10.7. The molecule has 0 aromatic heterocycles. The van der Waals surface area contributed by atoms with E-state index in [1.165, 1.54) is 50.5 Å². The zero-order valence-corrected chi connectivity index (χ0v) is 19.4. The van der Waals surface area contributed by atoms with Gasteiger partial charge in [-0.25, -0.2) is 0 Å². The lowest BCUT2D eigenvalue weighted by Gasteiger charge is -2.62. The van der Waals surface area contributed by atoms with Gasteiger partial charge in [0.1, 0.15) is 0 Å². The molecule has 0 amide bonds. The summed E-state index contributed by atoms with van der Waals surface area (Å²) in [7, 11) is 1.93. The Morgan fingerprint density at radius 2 is 1.67 bits per heavy atom. The Balaban J connectivity index is 1.29. The zero-order valence-electron chi connectivity index (χ0n) is 19.4. The van der Waals surface area contributed by atoms with Gasteiger partial charge in [0.05, 0.1) is 11.7 Å². The first kappa shape index (κ1) is 21.0. The summed E-state index contributed by atoms with van der Waals surface area (Å²) in [6.07, 6.45) is 13.7. The highest BCUT2D eigenvalue weighted by Crippen LogP contribution is 2.67. The molecule has 5 rings (SSSR count). The molecule has 0 heterocycles. The largest absolute Gasteiger partial charge is 0.390 e. The second-order valence-electron chi connectivity index (χ2n) is 11.9. The molecule has 2 heteroatoms. The van der Waals surface area contributed by atoms with Gasteiger partial charge < -0.3 is 9.84 Å². The van der Waals surface area contributed by atoms with Crippen molar-refractivity contribution in [3.8, 4) is 0 Å². The first-order valence-corrected chi connectivity index (χ1v) is 12.7. The number of fused-ring (bicyclic) bond motifs is 5. The summed E-state index contributed by atoms with van der Waals surface area (Å²) < 4.78 is 5.95. The topological polar surface area (TPSA) is 29.5 Å². The van der Waals surface area contributed by atoms with E-state index in [1.54, 1.807) is 0 Å². The minimum Gasteiger partial charge on any atom is -0.390 e. The van der Waals surface area contributed by atoms with Crippen LogP contribution in [0.25, 0.3) is 0 Å². The van der Waals surface area contributed by atoms with Gasteiger partial charge in [-0.1, -0.05) is 44.2 Å². The summed E-state index contributed by atoms with van der Waals surface area (Å²) in [5, 5.41) is 11.5. The van der Waals surface area contributed by atoms with Crippen molar-refractivity contribution in [1.29, 1.82) is 0 Å². The molecule has 1 aromatic carbocycles. The van der Waals surface area contributed by atoms with Gasteiger partial charge in [0.25, 0.3) is 0 Å². The maximum absolute atomic E-state index is 11.5. The fourth-order valence-electron chi connectivity index (χ4n) is 8.91. The van der Waals surface area contributed by atoms with Crippen LogP contribution < -0.4 is 0 Å². The summed E-state index contributed by atoms with van der Waals surface area (Å²) in [4.78, 5) is 0. The van der Waals surface area contributed by atoms with E-state index in [9.17, 15) is 5.11 Å². The van der Waals surface area contributed by atoms with Crippen LogP contribution in [0.4, 0.5) is 0 Å². The fraction of sp³-hybridized carbons (Fsp3) is 0.786. The van der Waals surface area contributed by atoms with Crippen LogP contribution in [-0.4, -0.2) is 23.9 Å². The van der Waals surface area contributed by atoms with Crippen molar-refractivity contribution >= 4 is 0 Å². The van der Waals surface area contributed by atoms with Crippen molar-refractivity contribution in [2.75, 3.05) is 7.11 Å². The molecule has 4 saturated carbocycles. The SMILES string of the molecule is COC1CC[C@H]2[C@@H]3CCC4CC(O)(CCc5ccccc5)CC[C@]4(C)[C@@H]3CC[C@]12C. The number of rotatable bonds is 4. The van der Waals surface area contributed by atoms with Crippen LogP contribution in [0.15, 0.2) is 30.3 Å². The highest BCUT2D eigenvalue weighted by atomic mass is 16.5. The van der Waals surface area contributed by atoms with Crippen LogP contribution in [0.5, 0.6) is 0 Å². The van der Waals surface area contributed by atoms with Crippen molar-refractivity contribution in [3.05, 3.63) is 35.9 Å². The molecule has 0 spiro atoms. The second-order valence-corrected chi connectivity index (χ2v) is 11.9. The Morgan fingerprint density at radius 3 is 2.43 bits per heavy atom. The quantitative estimate of drug-likeness (QED) is 0.621. The number of benzene rings is 1. The van der Waals surface area contributed by atoms with E-state index in [0.29, 0.717) is 22.9 Å². The van der Waals surface area contributed by atoms with E-state index < -0.39 is 5.60 Å². The summed E-state index contributed by atoms with van der Waals surface area (Å²) in [5.74, 6) is 3.32. The lowest BCUT2D eigenvalue weighted by molar-refractivity contribution is -0.158. The molecule has 0 aliphatic heterocycles. The molecule has 30 heavy (non-hydrogen) atoms. The molecule has 3 unspecified atom stereocenters. The molecule has 8 atom stereocenters. The summed E-state index contributed by atoms with van der Waals surface area (Å²) in [6, 6.07) is 10.7. The Labute approximate surface area is 183 Å². The van der Waals surface area contributed by atoms with Gasteiger partial charge >= 0.3 is 0 Å². The first-order chi connectivity index (χ1) is 14.4. The maximum Gasteiger partial charge on any atom is 0.0654 e. The number of aliphatic hydroxyl groups is 1. The van der Waals surface area contributed by atoms with Crippen LogP contribution in [0.3, 0.4) is 0 Å². The number of ether oxygens (including phenoxy) is 1. The molecule has 0 saturated heterocycles. The molecule has 1 N–H and O–H groups in total. The molecule has 166 valence electrons. The molecular formula is C28H42O2. The first-order valence-electron chi connectivity index (χ1n) is 12.7. The van der Waals surface area contributed by atoms with Crippen LogP contribution in [-0.2, 0) is 11.2 Å². The van der Waals surface area contributed by atoms with Crippen molar-refractivity contribution in [2.45, 2.75) is 96.2 Å². The molecule has 0 radical (unpaired) electrons. The molecule has 4 aliphatic rings. The number of aryl methyl sites for hydroxylation is 1. The lowest BCUT2D eigenvalue weighted by atomic mass is 9.44. The number of hydrogen-bond acceptors (Lipinski definition) is 2. The van der Waals surface area contributed by atoms with Crippen molar-refractivity contribution < 1.29 is 9.84 Å². The molecular weight excluding hydrogens is 368 g/mol. The van der Waals surface area contributed by atoms with Gasteiger partial charge in [0.15, 0.2) is 0 Å². The normalized spacial score (nSPS) is 47.9. The summed E-state index contributed by atoms with van der Waals surface area (Å²) in [5.41, 5.74) is 1.76. The van der Waals surface area contributed by atoms with Crippen molar-refractivity contribution in [2.24, 2.45) is 34.5 Å². The fourth-order valence-corrected chi connectivity index (χ4v) is 8.91. The molecule has 4 fully saturated rings.